The maximum absolute atomic E-state index is 14.5. The van der Waals surface area contributed by atoms with E-state index in [2.05, 4.69) is 28.9 Å². The lowest BCUT2D eigenvalue weighted by Gasteiger charge is -2.35. The summed E-state index contributed by atoms with van der Waals surface area (Å²) < 4.78 is 26.9. The minimum Gasteiger partial charge on any atom is -0.465 e. The molecule has 0 bridgehead atoms. The van der Waals surface area contributed by atoms with Crippen molar-refractivity contribution in [3.05, 3.63) is 72.8 Å². The molecule has 270 valence electrons. The largest absolute Gasteiger partial charge is 0.465 e. The topological polar surface area (TPSA) is 162 Å². The number of hydrogen-bond acceptors (Lipinski definition) is 7. The van der Waals surface area contributed by atoms with Crippen molar-refractivity contribution in [2.24, 2.45) is 11.3 Å². The molecule has 11 nitrogen and oxygen atoms in total. The number of rotatable bonds is 14. The Bertz CT molecular complexity index is 1720. The van der Waals surface area contributed by atoms with Crippen LogP contribution in [-0.2, 0) is 29.2 Å². The quantitative estimate of drug-likeness (QED) is 0.156. The van der Waals surface area contributed by atoms with Crippen LogP contribution < -0.4 is 15.4 Å². The van der Waals surface area contributed by atoms with Gasteiger partial charge in [0.05, 0.1) is 10.00 Å². The van der Waals surface area contributed by atoms with Crippen molar-refractivity contribution in [2.75, 3.05) is 12.3 Å². The van der Waals surface area contributed by atoms with Crippen LogP contribution in [0.25, 0.3) is 11.1 Å². The summed E-state index contributed by atoms with van der Waals surface area (Å²) in [6, 6.07) is 15.8. The number of unbranched alkanes of at least 4 members (excludes halogenated alkanes) is 1. The van der Waals surface area contributed by atoms with Crippen molar-refractivity contribution in [1.82, 2.24) is 20.3 Å². The number of hydrogen-bond donors (Lipinski definition) is 4. The first-order valence-corrected chi connectivity index (χ1v) is 19.7. The number of carboxylic acid groups (broad SMARTS) is 1. The van der Waals surface area contributed by atoms with Crippen LogP contribution in [0.2, 0.25) is 0 Å². The molecule has 0 spiro atoms. The molecule has 2 aromatic rings. The highest BCUT2D eigenvalue weighted by molar-refractivity contribution is 8.00. The monoisotopic (exact) mass is 724 g/mol. The molecular formula is C37H48N4O7S2. The van der Waals surface area contributed by atoms with Crippen molar-refractivity contribution in [3.63, 3.8) is 0 Å². The fourth-order valence-corrected chi connectivity index (χ4v) is 9.70. The van der Waals surface area contributed by atoms with Gasteiger partial charge in [0.25, 0.3) is 5.91 Å². The zero-order valence-corrected chi connectivity index (χ0v) is 30.7. The molecule has 50 heavy (non-hydrogen) atoms. The molecular weight excluding hydrogens is 677 g/mol. The highest BCUT2D eigenvalue weighted by Crippen LogP contribution is 2.50. The first-order chi connectivity index (χ1) is 23.6. The van der Waals surface area contributed by atoms with Crippen LogP contribution in [0.4, 0.5) is 4.79 Å². The molecule has 1 aliphatic heterocycles. The van der Waals surface area contributed by atoms with Gasteiger partial charge in [0.1, 0.15) is 17.6 Å². The SMILES string of the molecule is C=C[C@@H]1C[C@]1(NC(=O)[C@@H]1C[C@@](SCCCC)(c2ccc(-c3ccccc3)cc2)CN1C(=O)[C@@H](NC(=O)O)C(C)(C)C)C(=O)NS(=O)(=O)C1CC1. The Morgan fingerprint density at radius 3 is 2.22 bits per heavy atom. The summed E-state index contributed by atoms with van der Waals surface area (Å²) in [5.41, 5.74) is 0.615. The van der Waals surface area contributed by atoms with E-state index in [4.69, 9.17) is 0 Å². The number of amides is 4. The van der Waals surface area contributed by atoms with Crippen molar-refractivity contribution < 1.29 is 32.7 Å². The molecule has 0 aromatic heterocycles. The fourth-order valence-electron chi connectivity index (χ4n) is 6.70. The molecule has 4 amide bonds. The van der Waals surface area contributed by atoms with E-state index in [9.17, 15) is 32.7 Å². The van der Waals surface area contributed by atoms with Crippen LogP contribution in [-0.4, -0.2) is 77.4 Å². The highest BCUT2D eigenvalue weighted by atomic mass is 32.2. The lowest BCUT2D eigenvalue weighted by molar-refractivity contribution is -0.142. The van der Waals surface area contributed by atoms with Gasteiger partial charge in [-0.15, -0.1) is 18.3 Å². The number of benzene rings is 2. The summed E-state index contributed by atoms with van der Waals surface area (Å²) in [5, 5.41) is 14.3. The van der Waals surface area contributed by atoms with Gasteiger partial charge in [0, 0.05) is 12.5 Å². The van der Waals surface area contributed by atoms with E-state index in [1.54, 1.807) is 32.5 Å². The third kappa shape index (κ3) is 7.88. The van der Waals surface area contributed by atoms with Gasteiger partial charge in [-0.3, -0.25) is 19.1 Å². The van der Waals surface area contributed by atoms with Crippen LogP contribution in [0, 0.1) is 11.3 Å². The summed E-state index contributed by atoms with van der Waals surface area (Å²) >= 11 is 1.66. The van der Waals surface area contributed by atoms with E-state index in [0.717, 1.165) is 35.3 Å². The van der Waals surface area contributed by atoms with Gasteiger partial charge >= 0.3 is 6.09 Å². The molecule has 1 heterocycles. The molecule has 2 aromatic carbocycles. The van der Waals surface area contributed by atoms with Gasteiger partial charge < -0.3 is 20.6 Å². The lowest BCUT2D eigenvalue weighted by atomic mass is 9.85. The van der Waals surface area contributed by atoms with E-state index >= 15 is 0 Å². The summed E-state index contributed by atoms with van der Waals surface area (Å²) in [7, 11) is -3.89. The summed E-state index contributed by atoms with van der Waals surface area (Å²) in [5.74, 6) is -1.73. The minimum absolute atomic E-state index is 0.122. The van der Waals surface area contributed by atoms with Crippen molar-refractivity contribution >= 4 is 45.6 Å². The molecule has 0 unspecified atom stereocenters. The average Bonchev–Trinajstić information content (AvgIpc) is 4.00. The van der Waals surface area contributed by atoms with Crippen LogP contribution >= 0.6 is 11.8 Å². The van der Waals surface area contributed by atoms with E-state index in [-0.39, 0.29) is 19.4 Å². The predicted octanol–water partition coefficient (Wildman–Crippen LogP) is 5.03. The molecule has 1 saturated heterocycles. The van der Waals surface area contributed by atoms with Crippen LogP contribution in [0.15, 0.2) is 67.3 Å². The molecule has 5 rings (SSSR count). The molecule has 2 aliphatic carbocycles. The third-order valence-electron chi connectivity index (χ3n) is 9.93. The normalized spacial score (nSPS) is 25.3. The van der Waals surface area contributed by atoms with E-state index in [0.29, 0.717) is 12.8 Å². The Morgan fingerprint density at radius 2 is 1.68 bits per heavy atom. The number of nitrogens with zero attached hydrogens (tertiary/aromatic N) is 1. The van der Waals surface area contributed by atoms with Crippen LogP contribution in [0.3, 0.4) is 0 Å². The second-order valence-electron chi connectivity index (χ2n) is 14.8. The average molecular weight is 725 g/mol. The summed E-state index contributed by atoms with van der Waals surface area (Å²) in [4.78, 5) is 55.8. The molecule has 3 fully saturated rings. The van der Waals surface area contributed by atoms with Gasteiger partial charge in [-0.05, 0) is 60.0 Å². The predicted molar refractivity (Wildman–Crippen MR) is 195 cm³/mol. The van der Waals surface area contributed by atoms with Gasteiger partial charge in [0.2, 0.25) is 21.8 Å². The van der Waals surface area contributed by atoms with Crippen LogP contribution in [0.5, 0.6) is 0 Å². The Kier molecular flexibility index (Phi) is 10.8. The van der Waals surface area contributed by atoms with Crippen LogP contribution in [0.1, 0.15) is 71.8 Å². The number of nitrogens with one attached hydrogen (secondary N) is 3. The minimum atomic E-state index is -3.89. The van der Waals surface area contributed by atoms with E-state index in [1.807, 2.05) is 54.6 Å². The molecule has 5 atom stereocenters. The standard InChI is InChI=1S/C37H48N4O7S2/c1-6-8-20-49-36(27-16-14-25(15-17-27)24-12-10-9-11-13-24)22-29(41(23-36)32(43)30(35(3,4)5)38-34(45)46)31(42)39-37(21-26(37)7-2)33(44)40-50(47,48)28-18-19-28/h7,9-17,26,28-30,38H,2,6,8,18-23H2,1,3-5H3,(H,39,42)(H,40,44)(H,45,46)/t26-,29+,30-,36+,37-/m1/s1. The highest BCUT2D eigenvalue weighted by Gasteiger charge is 2.62. The van der Waals surface area contributed by atoms with Gasteiger partial charge in [-0.1, -0.05) is 94.8 Å². The number of sulfonamides is 1. The summed E-state index contributed by atoms with van der Waals surface area (Å²) in [6.07, 6.45) is 3.31. The number of thioether (sulfide) groups is 1. The Labute approximate surface area is 299 Å². The molecule has 3 aliphatic rings. The smallest absolute Gasteiger partial charge is 0.405 e. The fraction of sp³-hybridized carbons (Fsp3) is 0.514. The third-order valence-corrected chi connectivity index (χ3v) is 13.3. The Morgan fingerprint density at radius 1 is 1.04 bits per heavy atom. The molecule has 13 heteroatoms. The molecule has 2 saturated carbocycles. The maximum Gasteiger partial charge on any atom is 0.405 e. The number of carbonyl (C=O) groups is 4. The van der Waals surface area contributed by atoms with Gasteiger partial charge in [-0.25, -0.2) is 13.2 Å². The zero-order chi connectivity index (χ0) is 36.5. The van der Waals surface area contributed by atoms with Crippen molar-refractivity contribution in [1.29, 1.82) is 0 Å². The van der Waals surface area contributed by atoms with Gasteiger partial charge in [-0.2, -0.15) is 0 Å². The Balaban J connectivity index is 1.53. The second kappa shape index (κ2) is 14.4. The van der Waals surface area contributed by atoms with Crippen molar-refractivity contribution in [2.45, 2.75) is 93.8 Å². The summed E-state index contributed by atoms with van der Waals surface area (Å²) in [6.45, 7) is 11.3. The Hall–Kier alpha value is -3.84. The molecule has 0 radical (unpaired) electrons. The zero-order valence-electron chi connectivity index (χ0n) is 29.1. The van der Waals surface area contributed by atoms with Crippen molar-refractivity contribution in [3.8, 4) is 11.1 Å². The maximum atomic E-state index is 14.5. The first kappa shape index (κ1) is 37.4. The van der Waals surface area contributed by atoms with E-state index < -0.39 is 72.8 Å². The first-order valence-electron chi connectivity index (χ1n) is 17.2. The lowest BCUT2D eigenvalue weighted by Crippen LogP contribution is -2.60. The number of carbonyl (C=O) groups excluding carboxylic acids is 3. The number of likely N-dealkylation sites (tertiary alicyclic amines) is 1. The van der Waals surface area contributed by atoms with Gasteiger partial charge in [0.15, 0.2) is 0 Å². The van der Waals surface area contributed by atoms with E-state index in [1.165, 1.54) is 11.0 Å². The second-order valence-corrected chi connectivity index (χ2v) is 18.2. The molecule has 4 N–H and O–H groups in total.